The van der Waals surface area contributed by atoms with Gasteiger partial charge in [-0.2, -0.15) is 0 Å². The first-order valence-corrected chi connectivity index (χ1v) is 15.7. The Kier molecular flexibility index (Phi) is 11.4. The second kappa shape index (κ2) is 15.0. The molecular formula is C26H24Cl3N6O6S2-. The molecular weight excluding hydrogens is 663 g/mol. The van der Waals surface area contributed by atoms with Gasteiger partial charge >= 0.3 is 5.69 Å². The van der Waals surface area contributed by atoms with E-state index in [2.05, 4.69) is 20.6 Å². The van der Waals surface area contributed by atoms with Crippen molar-refractivity contribution in [2.45, 2.75) is 19.5 Å². The number of aryl methyl sites for hydroxylation is 1. The Morgan fingerprint density at radius 1 is 1.19 bits per heavy atom. The Hall–Kier alpha value is -3.24. The quantitative estimate of drug-likeness (QED) is 0.133. The van der Waals surface area contributed by atoms with Crippen LogP contribution in [0.3, 0.4) is 0 Å². The predicted octanol–water partition coefficient (Wildman–Crippen LogP) is 4.84. The molecule has 0 fully saturated rings. The van der Waals surface area contributed by atoms with E-state index in [1.807, 2.05) is 0 Å². The van der Waals surface area contributed by atoms with Gasteiger partial charge in [0, 0.05) is 42.8 Å². The van der Waals surface area contributed by atoms with Gasteiger partial charge < -0.3 is 24.9 Å². The lowest BCUT2D eigenvalue weighted by atomic mass is 10.1. The lowest BCUT2D eigenvalue weighted by Crippen LogP contribution is -2.22. The number of nitrogens with one attached hydrogen (secondary N) is 3. The Labute approximate surface area is 267 Å². The molecule has 3 heterocycles. The van der Waals surface area contributed by atoms with Gasteiger partial charge in [-0.3, -0.25) is 23.3 Å². The second-order valence-corrected chi connectivity index (χ2v) is 12.1. The van der Waals surface area contributed by atoms with Crippen LogP contribution in [0.5, 0.6) is 5.75 Å². The summed E-state index contributed by atoms with van der Waals surface area (Å²) in [5.41, 5.74) is 0.318. The molecule has 0 spiro atoms. The van der Waals surface area contributed by atoms with E-state index in [9.17, 15) is 23.1 Å². The summed E-state index contributed by atoms with van der Waals surface area (Å²) in [4.78, 5) is 46.9. The Morgan fingerprint density at radius 3 is 2.65 bits per heavy atom. The van der Waals surface area contributed by atoms with Crippen LogP contribution >= 0.6 is 46.1 Å². The molecule has 0 aliphatic rings. The predicted molar refractivity (Wildman–Crippen MR) is 166 cm³/mol. The van der Waals surface area contributed by atoms with Crippen LogP contribution in [0.15, 0.2) is 53.0 Å². The number of anilines is 2. The van der Waals surface area contributed by atoms with Crippen LogP contribution in [0, 0.1) is 0 Å². The van der Waals surface area contributed by atoms with Crippen LogP contribution in [0.2, 0.25) is 15.1 Å². The molecule has 1 aromatic carbocycles. The third-order valence-corrected chi connectivity index (χ3v) is 8.48. The largest absolute Gasteiger partial charge is 0.771 e. The minimum absolute atomic E-state index is 0.0139. The van der Waals surface area contributed by atoms with Crippen LogP contribution in [0.4, 0.5) is 11.5 Å². The van der Waals surface area contributed by atoms with E-state index < -0.39 is 22.9 Å². The normalized spacial score (nSPS) is 11.9. The fourth-order valence-electron chi connectivity index (χ4n) is 3.91. The zero-order chi connectivity index (χ0) is 31.1. The number of amides is 2. The summed E-state index contributed by atoms with van der Waals surface area (Å²) >= 11 is 17.5. The number of carbonyl (C=O) groups excluding carboxylic acids is 2. The van der Waals surface area contributed by atoms with Crippen molar-refractivity contribution in [1.29, 1.82) is 0 Å². The summed E-state index contributed by atoms with van der Waals surface area (Å²) in [7, 11) is 1.60. The number of hydrogen-bond acceptors (Lipinski definition) is 9. The molecule has 0 saturated heterocycles. The van der Waals surface area contributed by atoms with E-state index in [1.165, 1.54) is 40.1 Å². The standard InChI is InChI=1S/C26H25Cl3N6O6S2/c1-34(14-43(39)40)12-15-13-42-23(21(15)29)25(37)33-22-18(24(36)32-20-4-3-16(27)11-31-20)9-17(28)10-19(22)41-8-2-6-35-7-5-30-26(35)38/h3-5,7,9-11,13H,2,6,8,12,14H2,1H3,(H,30,38)(H,33,37)(H,39,40)(H,31,32,36)/p-1. The van der Waals surface area contributed by atoms with Crippen molar-refractivity contribution >= 4 is 80.5 Å². The summed E-state index contributed by atoms with van der Waals surface area (Å²) in [6.45, 7) is 0.679. The summed E-state index contributed by atoms with van der Waals surface area (Å²) in [6.07, 6.45) is 4.93. The van der Waals surface area contributed by atoms with Crippen molar-refractivity contribution in [3.05, 3.63) is 89.8 Å². The number of aromatic amines is 1. The van der Waals surface area contributed by atoms with Crippen LogP contribution in [-0.4, -0.2) is 59.5 Å². The maximum atomic E-state index is 13.5. The summed E-state index contributed by atoms with van der Waals surface area (Å²) in [5.74, 6) is -1.15. The molecule has 3 N–H and O–H groups in total. The van der Waals surface area contributed by atoms with Crippen molar-refractivity contribution in [2.24, 2.45) is 0 Å². The first-order chi connectivity index (χ1) is 20.5. The summed E-state index contributed by atoms with van der Waals surface area (Å²) in [6, 6.07) is 5.89. The number of ether oxygens (including phenoxy) is 1. The van der Waals surface area contributed by atoms with Gasteiger partial charge in [0.25, 0.3) is 11.8 Å². The lowest BCUT2D eigenvalue weighted by Gasteiger charge is -2.18. The van der Waals surface area contributed by atoms with Crippen molar-refractivity contribution in [3.8, 4) is 5.75 Å². The minimum Gasteiger partial charge on any atom is -0.771 e. The van der Waals surface area contributed by atoms with E-state index >= 15 is 0 Å². The molecule has 43 heavy (non-hydrogen) atoms. The zero-order valence-corrected chi connectivity index (χ0v) is 26.3. The molecule has 4 aromatic rings. The number of benzene rings is 1. The van der Waals surface area contributed by atoms with E-state index in [1.54, 1.807) is 24.7 Å². The van der Waals surface area contributed by atoms with Gasteiger partial charge in [0.15, 0.2) is 0 Å². The maximum absolute atomic E-state index is 13.5. The Balaban J connectivity index is 1.60. The molecule has 0 aliphatic heterocycles. The zero-order valence-electron chi connectivity index (χ0n) is 22.4. The first kappa shape index (κ1) is 32.7. The first-order valence-electron chi connectivity index (χ1n) is 12.5. The lowest BCUT2D eigenvalue weighted by molar-refractivity contribution is 0.102. The van der Waals surface area contributed by atoms with Crippen molar-refractivity contribution in [2.75, 3.05) is 30.2 Å². The SMILES string of the molecule is CN(Cc1csc(C(=O)Nc2c(OCCCn3cc[nH]c3=O)cc(Cl)cc2C(=O)Nc2ccc(Cl)cn2)c1Cl)CS(=O)[O-]. The minimum atomic E-state index is -2.28. The Bertz CT molecular complexity index is 1690. The number of thiophene rings is 1. The molecule has 228 valence electrons. The van der Waals surface area contributed by atoms with Crippen molar-refractivity contribution < 1.29 is 23.1 Å². The molecule has 0 aliphatic carbocycles. The fraction of sp³-hybridized carbons (Fsp3) is 0.231. The highest BCUT2D eigenvalue weighted by molar-refractivity contribution is 7.79. The number of carbonyl (C=O) groups is 2. The highest BCUT2D eigenvalue weighted by Crippen LogP contribution is 2.36. The Morgan fingerprint density at radius 2 is 1.98 bits per heavy atom. The van der Waals surface area contributed by atoms with Gasteiger partial charge in [-0.25, -0.2) is 9.78 Å². The molecule has 0 radical (unpaired) electrons. The van der Waals surface area contributed by atoms with Gasteiger partial charge in [-0.05, 0) is 53.7 Å². The number of halogens is 3. The van der Waals surface area contributed by atoms with E-state index in [-0.39, 0.29) is 62.5 Å². The second-order valence-electron chi connectivity index (χ2n) is 9.11. The van der Waals surface area contributed by atoms with Gasteiger partial charge in [-0.15, -0.1) is 11.3 Å². The van der Waals surface area contributed by atoms with Gasteiger partial charge in [-0.1, -0.05) is 34.8 Å². The number of H-pyrrole nitrogens is 1. The number of pyridine rings is 1. The third kappa shape index (κ3) is 8.89. The van der Waals surface area contributed by atoms with E-state index in [4.69, 9.17) is 39.5 Å². The smallest absolute Gasteiger partial charge is 0.325 e. The van der Waals surface area contributed by atoms with Crippen LogP contribution in [-0.2, 0) is 24.2 Å². The number of nitrogens with zero attached hydrogens (tertiary/aromatic N) is 3. The average Bonchev–Trinajstić information content (AvgIpc) is 3.52. The molecule has 17 heteroatoms. The number of imidazole rings is 1. The average molecular weight is 687 g/mol. The van der Waals surface area contributed by atoms with Crippen LogP contribution in [0.25, 0.3) is 0 Å². The maximum Gasteiger partial charge on any atom is 0.325 e. The molecule has 1 unspecified atom stereocenters. The van der Waals surface area contributed by atoms with Crippen molar-refractivity contribution in [1.82, 2.24) is 19.4 Å². The molecule has 3 aromatic heterocycles. The number of hydrogen-bond donors (Lipinski definition) is 3. The summed E-state index contributed by atoms with van der Waals surface area (Å²) < 4.78 is 29.5. The molecule has 1 atom stereocenters. The third-order valence-electron chi connectivity index (χ3n) is 5.81. The molecule has 0 saturated carbocycles. The van der Waals surface area contributed by atoms with Gasteiger partial charge in [0.1, 0.15) is 16.4 Å². The molecule has 0 bridgehead atoms. The highest BCUT2D eigenvalue weighted by atomic mass is 35.5. The fourth-order valence-corrected chi connectivity index (χ4v) is 5.92. The summed E-state index contributed by atoms with van der Waals surface area (Å²) in [5, 5.41) is 7.72. The van der Waals surface area contributed by atoms with Gasteiger partial charge in [0.05, 0.1) is 33.8 Å². The van der Waals surface area contributed by atoms with Gasteiger partial charge in [0.2, 0.25) is 0 Å². The van der Waals surface area contributed by atoms with Crippen LogP contribution in [0.1, 0.15) is 32.0 Å². The molecule has 2 amide bonds. The number of aromatic nitrogens is 3. The van der Waals surface area contributed by atoms with E-state index in [0.29, 0.717) is 23.6 Å². The van der Waals surface area contributed by atoms with E-state index in [0.717, 1.165) is 11.3 Å². The highest BCUT2D eigenvalue weighted by Gasteiger charge is 2.24. The topological polar surface area (TPSA) is 161 Å². The molecule has 4 rings (SSSR count). The monoisotopic (exact) mass is 685 g/mol. The van der Waals surface area contributed by atoms with Crippen molar-refractivity contribution in [3.63, 3.8) is 0 Å². The van der Waals surface area contributed by atoms with Crippen LogP contribution < -0.4 is 21.1 Å². The molecule has 12 nitrogen and oxygen atoms in total. The number of rotatable bonds is 13.